The maximum atomic E-state index is 12.1. The van der Waals surface area contributed by atoms with Crippen LogP contribution in [0.3, 0.4) is 0 Å². The molecule has 7 nitrogen and oxygen atoms in total. The van der Waals surface area contributed by atoms with Crippen molar-refractivity contribution in [3.8, 4) is 0 Å². The second kappa shape index (κ2) is 5.43. The summed E-state index contributed by atoms with van der Waals surface area (Å²) in [6.45, 7) is 1.66. The third kappa shape index (κ3) is 3.03. The van der Waals surface area contributed by atoms with E-state index in [4.69, 9.17) is 5.11 Å². The lowest BCUT2D eigenvalue weighted by Crippen LogP contribution is -2.27. The Hall–Kier alpha value is -2.19. The highest BCUT2D eigenvalue weighted by Crippen LogP contribution is 2.16. The van der Waals surface area contributed by atoms with Crippen molar-refractivity contribution in [2.24, 2.45) is 0 Å². The molecule has 8 heteroatoms. The first kappa shape index (κ1) is 14.2. The molecular weight excluding hydrogens is 282 g/mol. The maximum Gasteiger partial charge on any atom is 0.352 e. The minimum Gasteiger partial charge on any atom is -0.477 e. The van der Waals surface area contributed by atoms with Crippen LogP contribution in [0.2, 0.25) is 0 Å². The van der Waals surface area contributed by atoms with Crippen LogP contribution in [0.1, 0.15) is 29.1 Å². The van der Waals surface area contributed by atoms with E-state index in [1.165, 1.54) is 0 Å². The Morgan fingerprint density at radius 2 is 2.20 bits per heavy atom. The normalized spacial score (nSPS) is 13.1. The van der Waals surface area contributed by atoms with Crippen LogP contribution in [0.15, 0.2) is 41.6 Å². The van der Waals surface area contributed by atoms with Crippen molar-refractivity contribution in [3.05, 3.63) is 48.0 Å². The molecular formula is C12H13N3O4S. The number of aromatic nitrogens is 2. The van der Waals surface area contributed by atoms with Gasteiger partial charge in [0.1, 0.15) is 10.6 Å². The van der Waals surface area contributed by atoms with Gasteiger partial charge in [0.15, 0.2) is 0 Å². The first-order valence-corrected chi connectivity index (χ1v) is 7.23. The number of aromatic amines is 1. The molecule has 0 aliphatic carbocycles. The third-order valence-electron chi connectivity index (χ3n) is 2.66. The van der Waals surface area contributed by atoms with Gasteiger partial charge in [-0.1, -0.05) is 6.07 Å². The van der Waals surface area contributed by atoms with Gasteiger partial charge in [0.2, 0.25) is 10.0 Å². The highest BCUT2D eigenvalue weighted by molar-refractivity contribution is 7.89. The lowest BCUT2D eigenvalue weighted by Gasteiger charge is -2.12. The average molecular weight is 295 g/mol. The number of carbonyl (C=O) groups is 1. The summed E-state index contributed by atoms with van der Waals surface area (Å²) >= 11 is 0. The van der Waals surface area contributed by atoms with Crippen LogP contribution in [0, 0.1) is 0 Å². The van der Waals surface area contributed by atoms with Crippen molar-refractivity contribution in [1.82, 2.24) is 14.7 Å². The molecule has 0 amide bonds. The quantitative estimate of drug-likeness (QED) is 0.766. The summed E-state index contributed by atoms with van der Waals surface area (Å²) in [5.41, 5.74) is 0.390. The van der Waals surface area contributed by atoms with Crippen molar-refractivity contribution in [2.75, 3.05) is 0 Å². The van der Waals surface area contributed by atoms with E-state index >= 15 is 0 Å². The molecule has 20 heavy (non-hydrogen) atoms. The fourth-order valence-electron chi connectivity index (χ4n) is 1.65. The SMILES string of the molecule is C[C@@H](NS(=O)(=O)c1c[nH]c(C(=O)O)c1)c1ccccn1. The zero-order valence-electron chi connectivity index (χ0n) is 10.6. The number of H-pyrrole nitrogens is 1. The van der Waals surface area contributed by atoms with Crippen molar-refractivity contribution in [3.63, 3.8) is 0 Å². The number of hydrogen-bond acceptors (Lipinski definition) is 4. The summed E-state index contributed by atoms with van der Waals surface area (Å²) in [5.74, 6) is -1.22. The molecule has 106 valence electrons. The number of nitrogens with zero attached hydrogens (tertiary/aromatic N) is 1. The number of pyridine rings is 1. The van der Waals surface area contributed by atoms with E-state index in [1.807, 2.05) is 0 Å². The van der Waals surface area contributed by atoms with Crippen LogP contribution in [-0.4, -0.2) is 29.5 Å². The number of carboxylic acid groups (broad SMARTS) is 1. The van der Waals surface area contributed by atoms with Crippen LogP contribution in [0.25, 0.3) is 0 Å². The van der Waals surface area contributed by atoms with Crippen LogP contribution in [0.5, 0.6) is 0 Å². The van der Waals surface area contributed by atoms with Gasteiger partial charge in [-0.25, -0.2) is 17.9 Å². The van der Waals surface area contributed by atoms with Crippen molar-refractivity contribution < 1.29 is 18.3 Å². The smallest absolute Gasteiger partial charge is 0.352 e. The Balaban J connectivity index is 2.20. The Kier molecular flexibility index (Phi) is 3.86. The molecule has 0 unspecified atom stereocenters. The predicted molar refractivity (Wildman–Crippen MR) is 70.7 cm³/mol. The standard InChI is InChI=1S/C12H13N3O4S/c1-8(10-4-2-3-5-13-10)15-20(18,19)9-6-11(12(16)17)14-7-9/h2-8,14-15H,1H3,(H,16,17)/t8-/m1/s1. The van der Waals surface area contributed by atoms with E-state index in [0.29, 0.717) is 5.69 Å². The summed E-state index contributed by atoms with van der Waals surface area (Å²) in [6, 6.07) is 5.73. The lowest BCUT2D eigenvalue weighted by atomic mass is 10.2. The summed E-state index contributed by atoms with van der Waals surface area (Å²) in [7, 11) is -3.80. The molecule has 0 saturated carbocycles. The molecule has 3 N–H and O–H groups in total. The molecule has 0 saturated heterocycles. The first-order valence-electron chi connectivity index (χ1n) is 5.75. The molecule has 0 aliphatic rings. The average Bonchev–Trinajstić information content (AvgIpc) is 2.90. The van der Waals surface area contributed by atoms with E-state index in [-0.39, 0.29) is 10.6 Å². The number of rotatable bonds is 5. The van der Waals surface area contributed by atoms with Crippen molar-refractivity contribution in [2.45, 2.75) is 17.9 Å². The number of aromatic carboxylic acids is 1. The Labute approximate surface area is 115 Å². The summed E-state index contributed by atoms with van der Waals surface area (Å²) < 4.78 is 26.6. The molecule has 0 aromatic carbocycles. The van der Waals surface area contributed by atoms with Crippen LogP contribution in [-0.2, 0) is 10.0 Å². The zero-order valence-corrected chi connectivity index (χ0v) is 11.4. The van der Waals surface area contributed by atoms with Gasteiger partial charge >= 0.3 is 5.97 Å². The van der Waals surface area contributed by atoms with Crippen molar-refractivity contribution >= 4 is 16.0 Å². The molecule has 2 heterocycles. The van der Waals surface area contributed by atoms with E-state index in [9.17, 15) is 13.2 Å². The van der Waals surface area contributed by atoms with E-state index in [0.717, 1.165) is 12.3 Å². The Bertz CT molecular complexity index is 709. The lowest BCUT2D eigenvalue weighted by molar-refractivity contribution is 0.0691. The molecule has 0 spiro atoms. The molecule has 0 fully saturated rings. The fraction of sp³-hybridized carbons (Fsp3) is 0.167. The minimum absolute atomic E-state index is 0.127. The van der Waals surface area contributed by atoms with E-state index in [1.54, 1.807) is 31.3 Å². The number of hydrogen-bond donors (Lipinski definition) is 3. The Morgan fingerprint density at radius 3 is 2.75 bits per heavy atom. The van der Waals surface area contributed by atoms with Gasteiger partial charge < -0.3 is 10.1 Å². The van der Waals surface area contributed by atoms with E-state index in [2.05, 4.69) is 14.7 Å². The predicted octanol–water partition coefficient (Wildman–Crippen LogP) is 1.15. The second-order valence-corrected chi connectivity index (χ2v) is 5.87. The summed E-state index contributed by atoms with van der Waals surface area (Å²) in [6.07, 6.45) is 2.70. The molecule has 2 rings (SSSR count). The summed E-state index contributed by atoms with van der Waals surface area (Å²) in [5, 5.41) is 8.77. The highest BCUT2D eigenvalue weighted by atomic mass is 32.2. The van der Waals surface area contributed by atoms with Crippen LogP contribution < -0.4 is 4.72 Å². The van der Waals surface area contributed by atoms with Gasteiger partial charge in [0.25, 0.3) is 0 Å². The van der Waals surface area contributed by atoms with Crippen LogP contribution in [0.4, 0.5) is 0 Å². The maximum absolute atomic E-state index is 12.1. The molecule has 1 atom stereocenters. The van der Waals surface area contributed by atoms with Gasteiger partial charge in [-0.15, -0.1) is 0 Å². The molecule has 0 aliphatic heterocycles. The zero-order chi connectivity index (χ0) is 14.8. The molecule has 2 aromatic heterocycles. The van der Waals surface area contributed by atoms with Crippen LogP contribution >= 0.6 is 0 Å². The summed E-state index contributed by atoms with van der Waals surface area (Å²) in [4.78, 5) is 17.1. The fourth-order valence-corrected chi connectivity index (χ4v) is 2.86. The number of nitrogens with one attached hydrogen (secondary N) is 2. The third-order valence-corrected chi connectivity index (χ3v) is 4.18. The number of carboxylic acids is 1. The van der Waals surface area contributed by atoms with Gasteiger partial charge in [-0.3, -0.25) is 4.98 Å². The Morgan fingerprint density at radius 1 is 1.45 bits per heavy atom. The topological polar surface area (TPSA) is 112 Å². The first-order chi connectivity index (χ1) is 9.40. The molecule has 0 bridgehead atoms. The monoisotopic (exact) mass is 295 g/mol. The molecule has 0 radical (unpaired) electrons. The van der Waals surface area contributed by atoms with Gasteiger partial charge in [0.05, 0.1) is 11.7 Å². The molecule has 2 aromatic rings. The van der Waals surface area contributed by atoms with Gasteiger partial charge in [-0.05, 0) is 25.1 Å². The minimum atomic E-state index is -3.80. The highest BCUT2D eigenvalue weighted by Gasteiger charge is 2.21. The second-order valence-electron chi connectivity index (χ2n) is 4.15. The van der Waals surface area contributed by atoms with Gasteiger partial charge in [-0.2, -0.15) is 0 Å². The largest absolute Gasteiger partial charge is 0.477 e. The van der Waals surface area contributed by atoms with E-state index < -0.39 is 22.0 Å². The number of sulfonamides is 1. The van der Waals surface area contributed by atoms with Crippen molar-refractivity contribution in [1.29, 1.82) is 0 Å². The van der Waals surface area contributed by atoms with Gasteiger partial charge in [0, 0.05) is 12.4 Å².